The maximum atomic E-state index is 12.1. The molecule has 2 aromatic rings. The van der Waals surface area contributed by atoms with E-state index in [9.17, 15) is 9.59 Å². The smallest absolute Gasteiger partial charge is 0.319 e. The number of rotatable bonds is 5. The average Bonchev–Trinajstić information content (AvgIpc) is 3.19. The van der Waals surface area contributed by atoms with Crippen LogP contribution in [0, 0.1) is 0 Å². The number of urea groups is 1. The summed E-state index contributed by atoms with van der Waals surface area (Å²) in [6.45, 7) is 4.39. The van der Waals surface area contributed by atoms with Crippen LogP contribution in [0.15, 0.2) is 24.3 Å². The van der Waals surface area contributed by atoms with Crippen molar-refractivity contribution in [1.82, 2.24) is 15.5 Å². The molecule has 1 aliphatic rings. The highest BCUT2D eigenvalue weighted by molar-refractivity contribution is 7.11. The molecule has 2 heterocycles. The number of nitrogens with one attached hydrogen (secondary N) is 2. The van der Waals surface area contributed by atoms with Crippen molar-refractivity contribution in [3.63, 3.8) is 0 Å². The number of aryl methyl sites for hydroxylation is 1. The summed E-state index contributed by atoms with van der Waals surface area (Å²) in [7, 11) is 0. The molecule has 1 fully saturated rings. The summed E-state index contributed by atoms with van der Waals surface area (Å²) >= 11 is 1.49. The fraction of sp³-hybridized carbons (Fsp3) is 0.412. The molecule has 132 valence electrons. The van der Waals surface area contributed by atoms with Gasteiger partial charge in [-0.25, -0.2) is 4.79 Å². The van der Waals surface area contributed by atoms with Gasteiger partial charge in [-0.15, -0.1) is 10.2 Å². The third kappa shape index (κ3) is 4.14. The molecule has 0 spiro atoms. The molecule has 1 aromatic carbocycles. The van der Waals surface area contributed by atoms with Crippen LogP contribution in [0.25, 0.3) is 0 Å². The number of hydrogen-bond acceptors (Lipinski definition) is 5. The molecule has 0 bridgehead atoms. The Hall–Kier alpha value is -2.48. The fourth-order valence-corrected chi connectivity index (χ4v) is 3.52. The highest BCUT2D eigenvalue weighted by Crippen LogP contribution is 2.28. The number of carbonyl (C=O) groups is 2. The Balaban J connectivity index is 1.59. The van der Waals surface area contributed by atoms with Crippen LogP contribution in [0.5, 0.6) is 0 Å². The molecular formula is C17H21N5O2S. The lowest BCUT2D eigenvalue weighted by molar-refractivity contribution is -0.117. The van der Waals surface area contributed by atoms with Crippen molar-refractivity contribution in [2.75, 3.05) is 10.2 Å². The van der Waals surface area contributed by atoms with Gasteiger partial charge < -0.3 is 15.5 Å². The van der Waals surface area contributed by atoms with E-state index < -0.39 is 0 Å². The molecule has 3 amide bonds. The van der Waals surface area contributed by atoms with E-state index in [1.54, 1.807) is 11.0 Å². The van der Waals surface area contributed by atoms with E-state index in [0.717, 1.165) is 28.5 Å². The standard InChI is InChI=1S/C17H21N5O2S/c1-3-14-20-21-15(25-14)10-18-17(24)19-12-5-4-6-13(9-12)22-11(2)7-8-16(22)23/h4-6,9,11H,3,7-8,10H2,1-2H3,(H2,18,19,24)/t11-/m0/s1. The molecule has 7 nitrogen and oxygen atoms in total. The molecule has 8 heteroatoms. The van der Waals surface area contributed by atoms with Crippen molar-refractivity contribution in [1.29, 1.82) is 0 Å². The SMILES string of the molecule is CCc1nnc(CNC(=O)Nc2cccc(N3C(=O)CC[C@@H]3C)c2)s1. The number of anilines is 2. The lowest BCUT2D eigenvalue weighted by Gasteiger charge is -2.22. The number of nitrogens with zero attached hydrogens (tertiary/aromatic N) is 3. The van der Waals surface area contributed by atoms with E-state index in [0.29, 0.717) is 18.7 Å². The molecule has 1 aliphatic heterocycles. The van der Waals surface area contributed by atoms with Crippen molar-refractivity contribution >= 4 is 34.6 Å². The third-order valence-electron chi connectivity index (χ3n) is 4.08. The minimum Gasteiger partial charge on any atom is -0.331 e. The van der Waals surface area contributed by atoms with E-state index in [2.05, 4.69) is 20.8 Å². The first kappa shape index (κ1) is 17.3. The lowest BCUT2D eigenvalue weighted by Crippen LogP contribution is -2.31. The van der Waals surface area contributed by atoms with E-state index in [1.165, 1.54) is 11.3 Å². The van der Waals surface area contributed by atoms with Crippen LogP contribution < -0.4 is 15.5 Å². The van der Waals surface area contributed by atoms with Crippen LogP contribution in [-0.2, 0) is 17.8 Å². The summed E-state index contributed by atoms with van der Waals surface area (Å²) in [6, 6.07) is 7.21. The Labute approximate surface area is 150 Å². The second-order valence-electron chi connectivity index (χ2n) is 5.95. The van der Waals surface area contributed by atoms with Gasteiger partial charge in [-0.05, 0) is 38.0 Å². The molecule has 1 aromatic heterocycles. The predicted octanol–water partition coefficient (Wildman–Crippen LogP) is 2.94. The Morgan fingerprint density at radius 2 is 2.16 bits per heavy atom. The normalized spacial score (nSPS) is 17.0. The number of benzene rings is 1. The van der Waals surface area contributed by atoms with Gasteiger partial charge in [0.05, 0.1) is 6.54 Å². The van der Waals surface area contributed by atoms with Crippen LogP contribution in [0.4, 0.5) is 16.2 Å². The highest BCUT2D eigenvalue weighted by atomic mass is 32.1. The van der Waals surface area contributed by atoms with E-state index in [-0.39, 0.29) is 18.0 Å². The molecular weight excluding hydrogens is 338 g/mol. The molecule has 1 saturated heterocycles. The first-order chi connectivity index (χ1) is 12.1. The predicted molar refractivity (Wildman–Crippen MR) is 97.8 cm³/mol. The van der Waals surface area contributed by atoms with Gasteiger partial charge in [0, 0.05) is 23.8 Å². The van der Waals surface area contributed by atoms with Crippen molar-refractivity contribution in [2.45, 2.75) is 45.7 Å². The topological polar surface area (TPSA) is 87.2 Å². The Morgan fingerprint density at radius 1 is 1.36 bits per heavy atom. The van der Waals surface area contributed by atoms with Gasteiger partial charge >= 0.3 is 6.03 Å². The fourth-order valence-electron chi connectivity index (χ4n) is 2.79. The van der Waals surface area contributed by atoms with Gasteiger partial charge in [0.15, 0.2) is 0 Å². The van der Waals surface area contributed by atoms with Crippen molar-refractivity contribution in [3.8, 4) is 0 Å². The molecule has 2 N–H and O–H groups in total. The number of hydrogen-bond donors (Lipinski definition) is 2. The van der Waals surface area contributed by atoms with Gasteiger partial charge in [-0.2, -0.15) is 0 Å². The zero-order valence-electron chi connectivity index (χ0n) is 14.3. The molecule has 0 unspecified atom stereocenters. The Morgan fingerprint density at radius 3 is 2.84 bits per heavy atom. The second-order valence-corrected chi connectivity index (χ2v) is 7.10. The van der Waals surface area contributed by atoms with Crippen LogP contribution in [-0.4, -0.2) is 28.2 Å². The van der Waals surface area contributed by atoms with Crippen LogP contribution in [0.1, 0.15) is 36.7 Å². The largest absolute Gasteiger partial charge is 0.331 e. The Bertz CT molecular complexity index is 776. The van der Waals surface area contributed by atoms with Gasteiger partial charge in [0.1, 0.15) is 10.0 Å². The number of carbonyl (C=O) groups excluding carboxylic acids is 2. The summed E-state index contributed by atoms with van der Waals surface area (Å²) in [5, 5.41) is 15.3. The molecule has 0 aliphatic carbocycles. The van der Waals surface area contributed by atoms with Crippen LogP contribution >= 0.6 is 11.3 Å². The lowest BCUT2D eigenvalue weighted by atomic mass is 10.2. The van der Waals surface area contributed by atoms with Crippen LogP contribution in [0.3, 0.4) is 0 Å². The minimum absolute atomic E-state index is 0.122. The van der Waals surface area contributed by atoms with Gasteiger partial charge in [-0.3, -0.25) is 4.79 Å². The van der Waals surface area contributed by atoms with Gasteiger partial charge in [0.2, 0.25) is 5.91 Å². The summed E-state index contributed by atoms with van der Waals surface area (Å²) < 4.78 is 0. The summed E-state index contributed by atoms with van der Waals surface area (Å²) in [5.41, 5.74) is 1.46. The summed E-state index contributed by atoms with van der Waals surface area (Å²) in [4.78, 5) is 25.9. The first-order valence-electron chi connectivity index (χ1n) is 8.35. The van der Waals surface area contributed by atoms with Gasteiger partial charge in [-0.1, -0.05) is 24.3 Å². The van der Waals surface area contributed by atoms with Crippen molar-refractivity contribution in [3.05, 3.63) is 34.3 Å². The number of amides is 3. The zero-order chi connectivity index (χ0) is 17.8. The quantitative estimate of drug-likeness (QED) is 0.859. The Kier molecular flexibility index (Phi) is 5.28. The monoisotopic (exact) mass is 359 g/mol. The summed E-state index contributed by atoms with van der Waals surface area (Å²) in [6.07, 6.45) is 2.27. The maximum absolute atomic E-state index is 12.1. The minimum atomic E-state index is -0.314. The van der Waals surface area contributed by atoms with Crippen molar-refractivity contribution in [2.24, 2.45) is 0 Å². The molecule has 1 atom stereocenters. The second kappa shape index (κ2) is 7.60. The molecule has 0 radical (unpaired) electrons. The average molecular weight is 359 g/mol. The summed E-state index contributed by atoms with van der Waals surface area (Å²) in [5.74, 6) is 0.122. The maximum Gasteiger partial charge on any atom is 0.319 e. The van der Waals surface area contributed by atoms with Crippen LogP contribution in [0.2, 0.25) is 0 Å². The van der Waals surface area contributed by atoms with E-state index >= 15 is 0 Å². The van der Waals surface area contributed by atoms with E-state index in [4.69, 9.17) is 0 Å². The molecule has 25 heavy (non-hydrogen) atoms. The van der Waals surface area contributed by atoms with Gasteiger partial charge in [0.25, 0.3) is 0 Å². The zero-order valence-corrected chi connectivity index (χ0v) is 15.1. The highest BCUT2D eigenvalue weighted by Gasteiger charge is 2.28. The van der Waals surface area contributed by atoms with Crippen molar-refractivity contribution < 1.29 is 9.59 Å². The molecule has 0 saturated carbocycles. The molecule has 3 rings (SSSR count). The first-order valence-corrected chi connectivity index (χ1v) is 9.16. The third-order valence-corrected chi connectivity index (χ3v) is 5.15. The number of aromatic nitrogens is 2. The van der Waals surface area contributed by atoms with E-state index in [1.807, 2.05) is 32.0 Å².